The second-order valence-corrected chi connectivity index (χ2v) is 6.59. The van der Waals surface area contributed by atoms with E-state index in [1.165, 1.54) is 6.26 Å². The summed E-state index contributed by atoms with van der Waals surface area (Å²) in [5.41, 5.74) is -1.15. The molecule has 0 amide bonds. The van der Waals surface area contributed by atoms with Crippen molar-refractivity contribution < 1.29 is 14.3 Å². The van der Waals surface area contributed by atoms with Gasteiger partial charge in [-0.3, -0.25) is 0 Å². The molecule has 0 aliphatic heterocycles. The van der Waals surface area contributed by atoms with Crippen LogP contribution in [-0.2, 0) is 5.60 Å². The lowest BCUT2D eigenvalue weighted by molar-refractivity contribution is 0.0437. The molecular weight excluding hydrogens is 513 g/mol. The van der Waals surface area contributed by atoms with Crippen LogP contribution in [0.2, 0.25) is 0 Å². The summed E-state index contributed by atoms with van der Waals surface area (Å²) in [6.07, 6.45) is 1.54. The number of hydrogen-bond acceptors (Lipinski definition) is 4. The molecular formula is C18H25BrIN3O3. The Kier molecular flexibility index (Phi) is 10.0. The predicted molar refractivity (Wildman–Crippen MR) is 117 cm³/mol. The van der Waals surface area contributed by atoms with Crippen LogP contribution in [-0.4, -0.2) is 37.3 Å². The fraction of sp³-hybridized carbons (Fsp3) is 0.389. The first-order valence-electron chi connectivity index (χ1n) is 8.18. The van der Waals surface area contributed by atoms with Gasteiger partial charge in [0.25, 0.3) is 0 Å². The Labute approximate surface area is 179 Å². The molecule has 8 heteroatoms. The van der Waals surface area contributed by atoms with E-state index in [0.717, 1.165) is 16.8 Å². The normalized spacial score (nSPS) is 13.5. The number of halogens is 2. The molecule has 144 valence electrons. The van der Waals surface area contributed by atoms with Gasteiger partial charge in [-0.1, -0.05) is 22.0 Å². The summed E-state index contributed by atoms with van der Waals surface area (Å²) in [6.45, 7) is 5.65. The van der Waals surface area contributed by atoms with Crippen molar-refractivity contribution in [1.82, 2.24) is 10.6 Å². The van der Waals surface area contributed by atoms with E-state index in [9.17, 15) is 5.11 Å². The lowest BCUT2D eigenvalue weighted by Gasteiger charge is -2.19. The molecule has 1 unspecified atom stereocenters. The number of aliphatic hydroxyl groups is 1. The molecule has 1 atom stereocenters. The molecule has 1 aromatic carbocycles. The average molecular weight is 538 g/mol. The van der Waals surface area contributed by atoms with Gasteiger partial charge in [0, 0.05) is 11.0 Å². The van der Waals surface area contributed by atoms with Crippen molar-refractivity contribution in [3.8, 4) is 5.75 Å². The fourth-order valence-electron chi connectivity index (χ4n) is 2.13. The summed E-state index contributed by atoms with van der Waals surface area (Å²) in [6, 6.07) is 11.2. The van der Waals surface area contributed by atoms with Crippen molar-refractivity contribution in [2.75, 3.05) is 26.2 Å². The van der Waals surface area contributed by atoms with Crippen molar-refractivity contribution in [3.63, 3.8) is 0 Å². The van der Waals surface area contributed by atoms with Gasteiger partial charge in [0.1, 0.15) is 23.7 Å². The Morgan fingerprint density at radius 2 is 2.12 bits per heavy atom. The molecule has 0 aliphatic carbocycles. The topological polar surface area (TPSA) is 79.0 Å². The minimum atomic E-state index is -1.15. The van der Waals surface area contributed by atoms with Crippen LogP contribution in [0.1, 0.15) is 19.6 Å². The summed E-state index contributed by atoms with van der Waals surface area (Å²) in [4.78, 5) is 4.42. The number of ether oxygens (including phenoxy) is 1. The monoisotopic (exact) mass is 537 g/mol. The van der Waals surface area contributed by atoms with E-state index in [-0.39, 0.29) is 30.5 Å². The highest BCUT2D eigenvalue weighted by Crippen LogP contribution is 2.21. The highest BCUT2D eigenvalue weighted by atomic mass is 127. The van der Waals surface area contributed by atoms with Crippen LogP contribution < -0.4 is 15.4 Å². The molecule has 2 rings (SSSR count). The minimum absolute atomic E-state index is 0. The lowest BCUT2D eigenvalue weighted by Crippen LogP contribution is -2.40. The van der Waals surface area contributed by atoms with Gasteiger partial charge >= 0.3 is 0 Å². The van der Waals surface area contributed by atoms with Gasteiger partial charge in [0.2, 0.25) is 0 Å². The van der Waals surface area contributed by atoms with Crippen LogP contribution >= 0.6 is 39.9 Å². The quantitative estimate of drug-likeness (QED) is 0.208. The summed E-state index contributed by atoms with van der Waals surface area (Å²) >= 11 is 3.41. The molecule has 6 nitrogen and oxygen atoms in total. The summed E-state index contributed by atoms with van der Waals surface area (Å²) in [5, 5.41) is 16.8. The Balaban J connectivity index is 0.00000338. The molecule has 26 heavy (non-hydrogen) atoms. The van der Waals surface area contributed by atoms with Crippen molar-refractivity contribution in [2.24, 2.45) is 4.99 Å². The maximum Gasteiger partial charge on any atom is 0.191 e. The Morgan fingerprint density at radius 3 is 2.77 bits per heavy atom. The standard InChI is InChI=1S/C18H24BrN3O3.HI/c1-3-20-17(22-13-18(2,23)16-8-5-10-25-16)21-9-11-24-15-7-4-6-14(19)12-15;/h4-8,10,12,23H,3,9,11,13H2,1-2H3,(H2,20,21,22);1H. The van der Waals surface area contributed by atoms with E-state index in [2.05, 4.69) is 31.6 Å². The van der Waals surface area contributed by atoms with E-state index in [1.54, 1.807) is 19.1 Å². The first-order chi connectivity index (χ1) is 12.0. The Morgan fingerprint density at radius 1 is 1.31 bits per heavy atom. The van der Waals surface area contributed by atoms with E-state index >= 15 is 0 Å². The molecule has 0 radical (unpaired) electrons. The lowest BCUT2D eigenvalue weighted by atomic mass is 10.0. The number of rotatable bonds is 8. The SMILES string of the molecule is CCNC(=NCC(C)(O)c1ccco1)NCCOc1cccc(Br)c1.I. The van der Waals surface area contributed by atoms with Gasteiger partial charge in [-0.25, -0.2) is 4.99 Å². The molecule has 0 aliphatic rings. The first-order valence-corrected chi connectivity index (χ1v) is 8.97. The zero-order valence-corrected chi connectivity index (χ0v) is 18.8. The molecule has 0 saturated heterocycles. The first kappa shape index (κ1) is 22.8. The number of nitrogens with zero attached hydrogens (tertiary/aromatic N) is 1. The molecule has 1 heterocycles. The van der Waals surface area contributed by atoms with Crippen LogP contribution in [0.25, 0.3) is 0 Å². The fourth-order valence-corrected chi connectivity index (χ4v) is 2.51. The smallest absolute Gasteiger partial charge is 0.191 e. The second-order valence-electron chi connectivity index (χ2n) is 5.68. The van der Waals surface area contributed by atoms with Gasteiger partial charge in [0.15, 0.2) is 5.96 Å². The van der Waals surface area contributed by atoms with E-state index in [0.29, 0.717) is 24.9 Å². The number of benzene rings is 1. The third-order valence-electron chi connectivity index (χ3n) is 3.40. The zero-order chi connectivity index (χ0) is 18.1. The van der Waals surface area contributed by atoms with Crippen LogP contribution in [0.3, 0.4) is 0 Å². The Bertz CT molecular complexity index is 678. The van der Waals surface area contributed by atoms with Crippen molar-refractivity contribution in [2.45, 2.75) is 19.4 Å². The third-order valence-corrected chi connectivity index (χ3v) is 3.89. The van der Waals surface area contributed by atoms with Crippen molar-refractivity contribution >= 4 is 45.9 Å². The molecule has 0 spiro atoms. The van der Waals surface area contributed by atoms with E-state index in [1.807, 2.05) is 31.2 Å². The predicted octanol–water partition coefficient (Wildman–Crippen LogP) is 3.50. The number of guanidine groups is 1. The Hall–Kier alpha value is -1.26. The molecule has 2 aromatic rings. The molecule has 0 saturated carbocycles. The third kappa shape index (κ3) is 7.55. The molecule has 0 bridgehead atoms. The summed E-state index contributed by atoms with van der Waals surface area (Å²) in [5.74, 6) is 1.91. The summed E-state index contributed by atoms with van der Waals surface area (Å²) < 4.78 is 11.9. The number of aliphatic imine (C=N–C) groups is 1. The maximum atomic E-state index is 10.5. The number of nitrogens with one attached hydrogen (secondary N) is 2. The maximum absolute atomic E-state index is 10.5. The highest BCUT2D eigenvalue weighted by Gasteiger charge is 2.25. The van der Waals surface area contributed by atoms with Gasteiger partial charge in [-0.2, -0.15) is 0 Å². The largest absolute Gasteiger partial charge is 0.492 e. The number of hydrogen-bond donors (Lipinski definition) is 3. The van der Waals surface area contributed by atoms with E-state index < -0.39 is 5.60 Å². The zero-order valence-electron chi connectivity index (χ0n) is 14.9. The van der Waals surface area contributed by atoms with Crippen molar-refractivity contribution in [1.29, 1.82) is 0 Å². The van der Waals surface area contributed by atoms with Crippen LogP contribution in [0.15, 0.2) is 56.5 Å². The van der Waals surface area contributed by atoms with Gasteiger partial charge in [-0.15, -0.1) is 24.0 Å². The second kappa shape index (κ2) is 11.5. The van der Waals surface area contributed by atoms with Crippen LogP contribution in [0, 0.1) is 0 Å². The van der Waals surface area contributed by atoms with Crippen LogP contribution in [0.4, 0.5) is 0 Å². The van der Waals surface area contributed by atoms with Crippen LogP contribution in [0.5, 0.6) is 5.75 Å². The van der Waals surface area contributed by atoms with Gasteiger partial charge in [0.05, 0.1) is 19.4 Å². The van der Waals surface area contributed by atoms with E-state index in [4.69, 9.17) is 9.15 Å². The number of furan rings is 1. The van der Waals surface area contributed by atoms with Gasteiger partial charge in [-0.05, 0) is 44.2 Å². The molecule has 0 fully saturated rings. The van der Waals surface area contributed by atoms with Gasteiger partial charge < -0.3 is 24.9 Å². The summed E-state index contributed by atoms with van der Waals surface area (Å²) in [7, 11) is 0. The average Bonchev–Trinajstić information content (AvgIpc) is 3.12. The highest BCUT2D eigenvalue weighted by molar-refractivity contribution is 14.0. The molecule has 3 N–H and O–H groups in total. The van der Waals surface area contributed by atoms with Crippen molar-refractivity contribution in [3.05, 3.63) is 52.9 Å². The molecule has 1 aromatic heterocycles. The minimum Gasteiger partial charge on any atom is -0.492 e.